The van der Waals surface area contributed by atoms with Crippen molar-refractivity contribution in [2.75, 3.05) is 0 Å². The highest BCUT2D eigenvalue weighted by Crippen LogP contribution is 2.62. The molecule has 0 amide bonds. The zero-order valence-electron chi connectivity index (χ0n) is 13.2. The Morgan fingerprint density at radius 1 is 0.655 bits per heavy atom. The van der Waals surface area contributed by atoms with Crippen molar-refractivity contribution in [2.45, 2.75) is 34.6 Å². The third-order valence-electron chi connectivity index (χ3n) is 3.06. The van der Waals surface area contributed by atoms with Gasteiger partial charge in [-0.15, -0.1) is 0 Å². The molecular formula is C13H7F12NO2S. The number of hydrogen-bond donors (Lipinski definition) is 2. The second-order valence-electron chi connectivity index (χ2n) is 5.12. The molecule has 29 heavy (non-hydrogen) atoms. The summed E-state index contributed by atoms with van der Waals surface area (Å²) >= 11 is 0. The molecule has 0 fully saturated rings. The monoisotopic (exact) mass is 469 g/mol. The summed E-state index contributed by atoms with van der Waals surface area (Å²) in [5.41, 5.74) is -0.652. The van der Waals surface area contributed by atoms with E-state index in [1.54, 1.807) is 0 Å². The fourth-order valence-corrected chi connectivity index (χ4v) is 3.00. The summed E-state index contributed by atoms with van der Waals surface area (Å²) < 4.78 is 157. The van der Waals surface area contributed by atoms with Gasteiger partial charge in [0.1, 0.15) is 0 Å². The molecule has 0 saturated heterocycles. The van der Waals surface area contributed by atoms with Crippen molar-refractivity contribution in [2.24, 2.45) is 4.99 Å². The van der Waals surface area contributed by atoms with E-state index < -0.39 is 50.7 Å². The first-order chi connectivity index (χ1) is 12.7. The van der Waals surface area contributed by atoms with E-state index in [-0.39, 0.29) is 0 Å². The van der Waals surface area contributed by atoms with Crippen molar-refractivity contribution in [3.05, 3.63) is 30.3 Å². The van der Waals surface area contributed by atoms with Gasteiger partial charge in [0.05, 0.1) is 5.69 Å². The zero-order chi connectivity index (χ0) is 23.1. The number of halogens is 12. The summed E-state index contributed by atoms with van der Waals surface area (Å²) in [6, 6.07) is 5.02. The summed E-state index contributed by atoms with van der Waals surface area (Å²) in [6.07, 6.45) is -14.0. The molecule has 0 heterocycles. The largest absolute Gasteiger partial charge is 0.455 e. The third-order valence-corrected chi connectivity index (χ3v) is 4.90. The maximum atomic E-state index is 13.9. The molecule has 16 heteroatoms. The predicted octanol–water partition coefficient (Wildman–Crippen LogP) is 5.12. The Morgan fingerprint density at radius 2 is 1.00 bits per heavy atom. The predicted molar refractivity (Wildman–Crippen MR) is 75.2 cm³/mol. The van der Waals surface area contributed by atoms with Gasteiger partial charge in [0.25, 0.3) is 0 Å². The van der Waals surface area contributed by atoms with Gasteiger partial charge in [0.2, 0.25) is 0 Å². The van der Waals surface area contributed by atoms with Crippen LogP contribution in [0.5, 0.6) is 0 Å². The number of hydrogen-bond acceptors (Lipinski definition) is 3. The van der Waals surface area contributed by atoms with Crippen LogP contribution in [0.15, 0.2) is 35.3 Å². The van der Waals surface area contributed by atoms with Crippen LogP contribution in [0.2, 0.25) is 0 Å². The van der Waals surface area contributed by atoms with Crippen LogP contribution < -0.4 is 0 Å². The van der Waals surface area contributed by atoms with Crippen molar-refractivity contribution >= 4 is 21.3 Å². The van der Waals surface area contributed by atoms with E-state index in [1.807, 2.05) is 0 Å². The summed E-state index contributed by atoms with van der Waals surface area (Å²) in [5.74, 6) is -13.7. The minimum absolute atomic E-state index is 0.426. The van der Waals surface area contributed by atoms with Crippen LogP contribution in [-0.2, 0) is 0 Å². The fourth-order valence-electron chi connectivity index (χ4n) is 1.48. The normalized spacial score (nSPS) is 19.0. The van der Waals surface area contributed by atoms with E-state index in [0.29, 0.717) is 5.16 Å². The number of aliphatic imine (C=N–C) groups is 1. The Bertz CT molecular complexity index is 754. The van der Waals surface area contributed by atoms with E-state index in [1.165, 1.54) is 6.07 Å². The molecule has 166 valence electrons. The third kappa shape index (κ3) is 4.39. The van der Waals surface area contributed by atoms with Crippen LogP contribution in [-0.4, -0.2) is 49.9 Å². The SMILES string of the molecule is OC(F)(C(F)(F)F)C(F)(F)S(=C=Nc1ccccc1)C(F)(F)C(O)(F)C(F)(F)F. The van der Waals surface area contributed by atoms with Gasteiger partial charge in [-0.2, -0.15) is 57.7 Å². The van der Waals surface area contributed by atoms with Crippen LogP contribution in [0.1, 0.15) is 0 Å². The highest BCUT2D eigenvalue weighted by atomic mass is 32.2. The molecule has 1 aromatic rings. The van der Waals surface area contributed by atoms with E-state index >= 15 is 0 Å². The molecule has 0 spiro atoms. The topological polar surface area (TPSA) is 52.8 Å². The molecule has 0 saturated carbocycles. The first-order valence-electron chi connectivity index (χ1n) is 6.69. The van der Waals surface area contributed by atoms with E-state index in [2.05, 4.69) is 4.99 Å². The van der Waals surface area contributed by atoms with Crippen molar-refractivity contribution in [1.29, 1.82) is 0 Å². The van der Waals surface area contributed by atoms with Crippen molar-refractivity contribution in [3.63, 3.8) is 0 Å². The quantitative estimate of drug-likeness (QED) is 0.358. The Kier molecular flexibility index (Phi) is 6.52. The summed E-state index contributed by atoms with van der Waals surface area (Å²) in [4.78, 5) is 2.64. The molecule has 0 radical (unpaired) electrons. The second kappa shape index (κ2) is 7.49. The molecule has 0 aromatic heterocycles. The highest BCUT2D eigenvalue weighted by molar-refractivity contribution is 8.16. The molecule has 0 aliphatic heterocycles. The lowest BCUT2D eigenvalue weighted by molar-refractivity contribution is -0.372. The number of benzene rings is 1. The van der Waals surface area contributed by atoms with Gasteiger partial charge in [-0.05, 0) is 12.1 Å². The Labute approximate surface area is 155 Å². The number of aliphatic hydroxyl groups is 2. The first-order valence-corrected chi connectivity index (χ1v) is 7.91. The molecule has 2 unspecified atom stereocenters. The van der Waals surface area contributed by atoms with Gasteiger partial charge in [0, 0.05) is 15.6 Å². The minimum atomic E-state index is -7.01. The van der Waals surface area contributed by atoms with Gasteiger partial charge < -0.3 is 10.2 Å². The number of isothiocyanates is 1. The van der Waals surface area contributed by atoms with Crippen LogP contribution >= 0.6 is 10.5 Å². The van der Waals surface area contributed by atoms with Crippen molar-refractivity contribution in [1.82, 2.24) is 0 Å². The smallest absolute Gasteiger partial charge is 0.349 e. The highest BCUT2D eigenvalue weighted by Gasteiger charge is 2.81. The Hall–Kier alpha value is -1.77. The second-order valence-corrected chi connectivity index (χ2v) is 6.94. The van der Waals surface area contributed by atoms with Gasteiger partial charge in [-0.1, -0.05) is 18.2 Å². The van der Waals surface area contributed by atoms with Crippen LogP contribution in [0.25, 0.3) is 0 Å². The number of alkyl halides is 12. The minimum Gasteiger partial charge on any atom is -0.349 e. The number of nitrogens with zero attached hydrogens (tertiary/aromatic N) is 1. The molecule has 0 aliphatic rings. The van der Waals surface area contributed by atoms with Gasteiger partial charge in [0.15, 0.2) is 0 Å². The Morgan fingerprint density at radius 3 is 1.31 bits per heavy atom. The summed E-state index contributed by atoms with van der Waals surface area (Å²) in [6.45, 7) is 0. The molecule has 1 rings (SSSR count). The van der Waals surface area contributed by atoms with Gasteiger partial charge in [-0.3, -0.25) is 0 Å². The first kappa shape index (κ1) is 25.3. The summed E-state index contributed by atoms with van der Waals surface area (Å²) in [5, 5.41) is 3.56. The summed E-state index contributed by atoms with van der Waals surface area (Å²) in [7, 11) is -5.55. The standard InChI is InChI=1S/C13H7F12NO2S/c14-8(27,10(16,17)18)12(22,23)29(6-26-7-4-2-1-3-5-7)13(24,25)9(15,28)11(19,20)21/h1-5,27-28H. The molecule has 1 aromatic carbocycles. The van der Waals surface area contributed by atoms with Gasteiger partial charge >= 0.3 is 34.6 Å². The van der Waals surface area contributed by atoms with E-state index in [0.717, 1.165) is 24.3 Å². The fraction of sp³-hybridized carbons (Fsp3) is 0.462. The lowest BCUT2D eigenvalue weighted by atomic mass is 10.3. The Balaban J connectivity index is 3.89. The average molecular weight is 469 g/mol. The van der Waals surface area contributed by atoms with Crippen LogP contribution in [0.4, 0.5) is 58.4 Å². The van der Waals surface area contributed by atoms with Crippen molar-refractivity contribution < 1.29 is 62.9 Å². The lowest BCUT2D eigenvalue weighted by Crippen LogP contribution is -2.60. The molecule has 3 nitrogen and oxygen atoms in total. The number of para-hydroxylation sites is 1. The lowest BCUT2D eigenvalue weighted by Gasteiger charge is -2.37. The maximum Gasteiger partial charge on any atom is 0.455 e. The van der Waals surface area contributed by atoms with Crippen LogP contribution in [0.3, 0.4) is 0 Å². The van der Waals surface area contributed by atoms with Crippen molar-refractivity contribution in [3.8, 4) is 0 Å². The van der Waals surface area contributed by atoms with E-state index in [9.17, 15) is 52.7 Å². The average Bonchev–Trinajstić information content (AvgIpc) is 2.53. The van der Waals surface area contributed by atoms with Crippen LogP contribution in [0, 0.1) is 0 Å². The zero-order valence-corrected chi connectivity index (χ0v) is 14.0. The maximum absolute atomic E-state index is 13.9. The van der Waals surface area contributed by atoms with E-state index in [4.69, 9.17) is 10.2 Å². The molecule has 0 aliphatic carbocycles. The van der Waals surface area contributed by atoms with Gasteiger partial charge in [-0.25, -0.2) is 0 Å². The molecule has 2 N–H and O–H groups in total. The molecular weight excluding hydrogens is 462 g/mol. The molecule has 0 bridgehead atoms. The number of rotatable bonds is 5. The molecule has 2 atom stereocenters.